The van der Waals surface area contributed by atoms with E-state index in [1.807, 2.05) is 38.1 Å². The second kappa shape index (κ2) is 9.41. The fraction of sp³-hybridized carbons (Fsp3) is 0.250. The number of carbonyl (C=O) groups excluding carboxylic acids is 1. The van der Waals surface area contributed by atoms with Gasteiger partial charge in [0.15, 0.2) is 11.5 Å². The van der Waals surface area contributed by atoms with Gasteiger partial charge in [0.05, 0.1) is 31.7 Å². The van der Waals surface area contributed by atoms with Crippen molar-refractivity contribution in [1.82, 2.24) is 19.9 Å². The van der Waals surface area contributed by atoms with E-state index in [9.17, 15) is 9.59 Å². The number of hydrogen-bond acceptors (Lipinski definition) is 7. The van der Waals surface area contributed by atoms with Crippen LogP contribution in [0.25, 0.3) is 21.5 Å². The third kappa shape index (κ3) is 4.58. The minimum absolute atomic E-state index is 0.145. The lowest BCUT2D eigenvalue weighted by molar-refractivity contribution is 0.0743. The van der Waals surface area contributed by atoms with E-state index in [-0.39, 0.29) is 18.0 Å². The van der Waals surface area contributed by atoms with E-state index in [1.165, 1.54) is 25.6 Å². The molecule has 170 valence electrons. The second-order valence-corrected chi connectivity index (χ2v) is 8.32. The molecule has 2 heterocycles. The zero-order chi connectivity index (χ0) is 23.5. The molecule has 1 N–H and O–H groups in total. The lowest BCUT2D eigenvalue weighted by Crippen LogP contribution is -2.32. The van der Waals surface area contributed by atoms with Crippen molar-refractivity contribution in [1.29, 1.82) is 0 Å². The SMILES string of the molecule is CCN(Cc1nc2cc(OC)c(OC)cc2c(=O)[nH]1)C(=O)c1csc(-c2ccc(C)cc2)n1. The third-order valence-corrected chi connectivity index (χ3v) is 6.18. The predicted molar refractivity (Wildman–Crippen MR) is 128 cm³/mol. The van der Waals surface area contributed by atoms with E-state index in [1.54, 1.807) is 22.4 Å². The number of thiazole rings is 1. The number of rotatable bonds is 7. The van der Waals surface area contributed by atoms with Crippen molar-refractivity contribution in [3.8, 4) is 22.1 Å². The predicted octanol–water partition coefficient (Wildman–Crippen LogP) is 4.03. The molecule has 0 saturated heterocycles. The summed E-state index contributed by atoms with van der Waals surface area (Å²) in [6.45, 7) is 4.48. The van der Waals surface area contributed by atoms with Crippen molar-refractivity contribution >= 4 is 28.1 Å². The number of methoxy groups -OCH3 is 2. The van der Waals surface area contributed by atoms with Gasteiger partial charge in [-0.3, -0.25) is 9.59 Å². The average Bonchev–Trinajstić information content (AvgIpc) is 3.32. The highest BCUT2D eigenvalue weighted by Crippen LogP contribution is 2.30. The quantitative estimate of drug-likeness (QED) is 0.443. The van der Waals surface area contributed by atoms with E-state index in [0.717, 1.165) is 16.1 Å². The van der Waals surface area contributed by atoms with Crippen LogP contribution in [0.1, 0.15) is 28.8 Å². The molecule has 0 fully saturated rings. The first kappa shape index (κ1) is 22.5. The summed E-state index contributed by atoms with van der Waals surface area (Å²) in [5.74, 6) is 1.08. The number of nitrogens with zero attached hydrogens (tertiary/aromatic N) is 3. The van der Waals surface area contributed by atoms with Crippen molar-refractivity contribution in [2.75, 3.05) is 20.8 Å². The molecule has 2 aromatic carbocycles. The standard InChI is InChI=1S/C24H24N4O4S/c1-5-28(24(30)18-13-33-23(26-18)15-8-6-14(2)7-9-15)12-21-25-17-11-20(32-4)19(31-3)10-16(17)22(29)27-21/h6-11,13H,5,12H2,1-4H3,(H,25,27,29). The molecular weight excluding hydrogens is 440 g/mol. The first-order valence-electron chi connectivity index (χ1n) is 10.4. The zero-order valence-electron chi connectivity index (χ0n) is 18.8. The molecule has 0 aliphatic carbocycles. The number of benzene rings is 2. The molecule has 0 spiro atoms. The molecule has 9 heteroatoms. The molecule has 0 aliphatic heterocycles. The Kier molecular flexibility index (Phi) is 6.41. The van der Waals surface area contributed by atoms with Crippen LogP contribution in [0.5, 0.6) is 11.5 Å². The number of aryl methyl sites for hydroxylation is 1. The molecule has 4 rings (SSSR count). The molecule has 1 amide bonds. The van der Waals surface area contributed by atoms with Crippen LogP contribution in [0.4, 0.5) is 0 Å². The summed E-state index contributed by atoms with van der Waals surface area (Å²) < 4.78 is 10.6. The Morgan fingerprint density at radius 1 is 1.09 bits per heavy atom. The number of fused-ring (bicyclic) bond motifs is 1. The maximum Gasteiger partial charge on any atom is 0.273 e. The van der Waals surface area contributed by atoms with Crippen LogP contribution >= 0.6 is 11.3 Å². The van der Waals surface area contributed by atoms with Gasteiger partial charge >= 0.3 is 0 Å². The highest BCUT2D eigenvalue weighted by atomic mass is 32.1. The number of ether oxygens (including phenoxy) is 2. The maximum absolute atomic E-state index is 13.1. The van der Waals surface area contributed by atoms with Gasteiger partial charge in [0.2, 0.25) is 0 Å². The van der Waals surface area contributed by atoms with Gasteiger partial charge in [-0.1, -0.05) is 29.8 Å². The molecule has 2 aromatic heterocycles. The van der Waals surface area contributed by atoms with Crippen molar-refractivity contribution in [3.05, 3.63) is 69.2 Å². The second-order valence-electron chi connectivity index (χ2n) is 7.46. The first-order valence-corrected chi connectivity index (χ1v) is 11.3. The lowest BCUT2D eigenvalue weighted by atomic mass is 10.2. The van der Waals surface area contributed by atoms with E-state index in [0.29, 0.717) is 40.5 Å². The number of nitrogens with one attached hydrogen (secondary N) is 1. The number of aromatic nitrogens is 3. The molecule has 0 bridgehead atoms. The Labute approximate surface area is 194 Å². The highest BCUT2D eigenvalue weighted by Gasteiger charge is 2.20. The first-order chi connectivity index (χ1) is 15.9. The van der Waals surface area contributed by atoms with Gasteiger partial charge in [-0.25, -0.2) is 9.97 Å². The van der Waals surface area contributed by atoms with Gasteiger partial charge in [-0.15, -0.1) is 11.3 Å². The summed E-state index contributed by atoms with van der Waals surface area (Å²) in [5.41, 5.74) is 2.65. The normalized spacial score (nSPS) is 10.9. The van der Waals surface area contributed by atoms with Gasteiger partial charge in [0.1, 0.15) is 16.5 Å². The molecule has 0 radical (unpaired) electrons. The van der Waals surface area contributed by atoms with Crippen LogP contribution in [0.3, 0.4) is 0 Å². The Bertz CT molecular complexity index is 1360. The van der Waals surface area contributed by atoms with Crippen LogP contribution < -0.4 is 15.0 Å². The van der Waals surface area contributed by atoms with Crippen molar-refractivity contribution in [2.45, 2.75) is 20.4 Å². The van der Waals surface area contributed by atoms with Gasteiger partial charge < -0.3 is 19.4 Å². The number of hydrogen-bond donors (Lipinski definition) is 1. The number of carbonyl (C=O) groups is 1. The molecule has 0 aliphatic rings. The van der Waals surface area contributed by atoms with Crippen LogP contribution in [-0.4, -0.2) is 46.5 Å². The molecule has 0 unspecified atom stereocenters. The van der Waals surface area contributed by atoms with E-state index in [2.05, 4.69) is 15.0 Å². The van der Waals surface area contributed by atoms with Crippen LogP contribution in [0, 0.1) is 6.92 Å². The van der Waals surface area contributed by atoms with E-state index >= 15 is 0 Å². The molecular formula is C24H24N4O4S. The number of aromatic amines is 1. The summed E-state index contributed by atoms with van der Waals surface area (Å²) in [6, 6.07) is 11.3. The zero-order valence-corrected chi connectivity index (χ0v) is 19.7. The summed E-state index contributed by atoms with van der Waals surface area (Å²) in [5, 5.41) is 2.93. The third-order valence-electron chi connectivity index (χ3n) is 5.29. The van der Waals surface area contributed by atoms with Crippen molar-refractivity contribution in [2.24, 2.45) is 0 Å². The number of amides is 1. The topological polar surface area (TPSA) is 97.4 Å². The number of H-pyrrole nitrogens is 1. The molecule has 0 atom stereocenters. The largest absolute Gasteiger partial charge is 0.493 e. The monoisotopic (exact) mass is 464 g/mol. The Morgan fingerprint density at radius 3 is 2.45 bits per heavy atom. The van der Waals surface area contributed by atoms with Gasteiger partial charge in [-0.05, 0) is 19.9 Å². The smallest absolute Gasteiger partial charge is 0.273 e. The van der Waals surface area contributed by atoms with Crippen molar-refractivity contribution < 1.29 is 14.3 Å². The lowest BCUT2D eigenvalue weighted by Gasteiger charge is -2.19. The highest BCUT2D eigenvalue weighted by molar-refractivity contribution is 7.13. The van der Waals surface area contributed by atoms with Crippen molar-refractivity contribution in [3.63, 3.8) is 0 Å². The van der Waals surface area contributed by atoms with Gasteiger partial charge in [0.25, 0.3) is 11.5 Å². The molecule has 33 heavy (non-hydrogen) atoms. The summed E-state index contributed by atoms with van der Waals surface area (Å²) in [6.07, 6.45) is 0. The van der Waals surface area contributed by atoms with Crippen LogP contribution in [0.2, 0.25) is 0 Å². The summed E-state index contributed by atoms with van der Waals surface area (Å²) >= 11 is 1.43. The minimum atomic E-state index is -0.310. The summed E-state index contributed by atoms with van der Waals surface area (Å²) in [7, 11) is 3.03. The Balaban J connectivity index is 1.60. The van der Waals surface area contributed by atoms with Crippen LogP contribution in [0.15, 0.2) is 46.6 Å². The minimum Gasteiger partial charge on any atom is -0.493 e. The molecule has 8 nitrogen and oxygen atoms in total. The summed E-state index contributed by atoms with van der Waals surface area (Å²) in [4.78, 5) is 39.2. The molecule has 4 aromatic rings. The van der Waals surface area contributed by atoms with E-state index < -0.39 is 0 Å². The fourth-order valence-corrected chi connectivity index (χ4v) is 4.26. The van der Waals surface area contributed by atoms with Crippen LogP contribution in [-0.2, 0) is 6.54 Å². The fourth-order valence-electron chi connectivity index (χ4n) is 3.46. The Morgan fingerprint density at radius 2 is 1.79 bits per heavy atom. The van der Waals surface area contributed by atoms with Gasteiger partial charge in [-0.2, -0.15) is 0 Å². The molecule has 0 saturated carbocycles. The maximum atomic E-state index is 13.1. The van der Waals surface area contributed by atoms with Gasteiger partial charge in [0, 0.05) is 23.6 Å². The Hall–Kier alpha value is -3.72. The average molecular weight is 465 g/mol. The van der Waals surface area contributed by atoms with E-state index in [4.69, 9.17) is 9.47 Å².